The van der Waals surface area contributed by atoms with Crippen molar-refractivity contribution in [3.05, 3.63) is 35.4 Å². The summed E-state index contributed by atoms with van der Waals surface area (Å²) < 4.78 is 28.1. The summed E-state index contributed by atoms with van der Waals surface area (Å²) in [4.78, 5) is 17.6. The van der Waals surface area contributed by atoms with Crippen LogP contribution in [-0.4, -0.2) is 58.1 Å². The minimum Gasteiger partial charge on any atom is -0.389 e. The Morgan fingerprint density at radius 2 is 1.69 bits per heavy atom. The molecule has 4 nitrogen and oxygen atoms in total. The van der Waals surface area contributed by atoms with Gasteiger partial charge in [-0.25, -0.2) is 8.78 Å². The summed E-state index contributed by atoms with van der Waals surface area (Å²) in [5.74, 6) is -2.01. The van der Waals surface area contributed by atoms with E-state index < -0.39 is 23.2 Å². The number of aliphatic hydroxyl groups is 1. The lowest BCUT2D eigenvalue weighted by Crippen LogP contribution is -2.57. The Balaban J connectivity index is 1.90. The fourth-order valence-corrected chi connectivity index (χ4v) is 4.72. The van der Waals surface area contributed by atoms with Crippen LogP contribution in [0.15, 0.2) is 18.2 Å². The molecule has 3 rings (SSSR count). The van der Waals surface area contributed by atoms with Crippen molar-refractivity contribution in [2.24, 2.45) is 17.8 Å². The van der Waals surface area contributed by atoms with Gasteiger partial charge in [-0.2, -0.15) is 0 Å². The lowest BCUT2D eigenvalue weighted by molar-refractivity contribution is -0.148. The fourth-order valence-electron chi connectivity index (χ4n) is 4.72. The number of likely N-dealkylation sites (tertiary alicyclic amines) is 2. The van der Waals surface area contributed by atoms with Crippen LogP contribution >= 0.6 is 0 Å². The molecule has 2 aliphatic rings. The molecule has 0 aliphatic carbocycles. The number of rotatable bonds is 2. The van der Waals surface area contributed by atoms with Crippen molar-refractivity contribution in [2.45, 2.75) is 58.6 Å². The average Bonchev–Trinajstić information content (AvgIpc) is 3.04. The summed E-state index contributed by atoms with van der Waals surface area (Å²) in [6.07, 6.45) is 0. The molecule has 2 saturated heterocycles. The second-order valence-corrected chi connectivity index (χ2v) is 10.2. The van der Waals surface area contributed by atoms with E-state index in [0.717, 1.165) is 6.07 Å². The largest absolute Gasteiger partial charge is 0.389 e. The highest BCUT2D eigenvalue weighted by molar-refractivity contribution is 5.81. The van der Waals surface area contributed by atoms with Crippen molar-refractivity contribution in [1.29, 1.82) is 0 Å². The fraction of sp³-hybridized carbons (Fsp3) is 0.696. The minimum absolute atomic E-state index is 0.000301. The number of halogens is 2. The van der Waals surface area contributed by atoms with E-state index in [1.54, 1.807) is 0 Å². The first kappa shape index (κ1) is 22.2. The van der Waals surface area contributed by atoms with Gasteiger partial charge in [-0.1, -0.05) is 19.9 Å². The van der Waals surface area contributed by atoms with Gasteiger partial charge in [0.1, 0.15) is 11.6 Å². The Morgan fingerprint density at radius 1 is 1.10 bits per heavy atom. The molecule has 2 aliphatic heterocycles. The van der Waals surface area contributed by atoms with Crippen molar-refractivity contribution in [1.82, 2.24) is 9.80 Å². The third-order valence-electron chi connectivity index (χ3n) is 7.24. The topological polar surface area (TPSA) is 43.8 Å². The third kappa shape index (κ3) is 4.19. The Hall–Kier alpha value is -1.53. The van der Waals surface area contributed by atoms with Gasteiger partial charge in [0.2, 0.25) is 5.91 Å². The summed E-state index contributed by atoms with van der Waals surface area (Å²) in [6.45, 7) is 14.1. The molecule has 2 heterocycles. The van der Waals surface area contributed by atoms with E-state index in [4.69, 9.17) is 0 Å². The van der Waals surface area contributed by atoms with Gasteiger partial charge in [-0.15, -0.1) is 0 Å². The SMILES string of the molecule is C[C@@H]1CN(C(=O)[C@@H]2CN(C(C)(C)C)C[C@H]2c2ccc(F)cc2F)C[C@H](C)C1(C)O. The highest BCUT2D eigenvalue weighted by Crippen LogP contribution is 2.40. The second-order valence-electron chi connectivity index (χ2n) is 10.2. The summed E-state index contributed by atoms with van der Waals surface area (Å²) in [5.41, 5.74) is -0.566. The molecule has 1 unspecified atom stereocenters. The quantitative estimate of drug-likeness (QED) is 0.813. The molecule has 0 saturated carbocycles. The summed E-state index contributed by atoms with van der Waals surface area (Å²) in [6, 6.07) is 3.65. The number of piperidine rings is 1. The number of carbonyl (C=O) groups is 1. The number of carbonyl (C=O) groups excluding carboxylic acids is 1. The van der Waals surface area contributed by atoms with E-state index in [0.29, 0.717) is 31.7 Å². The van der Waals surface area contributed by atoms with Crippen LogP contribution in [0.1, 0.15) is 53.0 Å². The molecular formula is C23H34F2N2O2. The van der Waals surface area contributed by atoms with Gasteiger partial charge in [0.15, 0.2) is 0 Å². The van der Waals surface area contributed by atoms with Gasteiger partial charge < -0.3 is 10.0 Å². The van der Waals surface area contributed by atoms with E-state index in [1.807, 2.05) is 25.7 Å². The molecule has 6 heteroatoms. The van der Waals surface area contributed by atoms with Crippen LogP contribution in [0.3, 0.4) is 0 Å². The zero-order chi connectivity index (χ0) is 21.7. The number of hydrogen-bond donors (Lipinski definition) is 1. The van der Waals surface area contributed by atoms with Crippen molar-refractivity contribution < 1.29 is 18.7 Å². The normalized spacial score (nSPS) is 33.9. The van der Waals surface area contributed by atoms with E-state index in [9.17, 15) is 18.7 Å². The van der Waals surface area contributed by atoms with Crippen molar-refractivity contribution in [3.8, 4) is 0 Å². The lowest BCUT2D eigenvalue weighted by atomic mass is 9.76. The molecule has 1 aromatic carbocycles. The van der Waals surface area contributed by atoms with Crippen LogP contribution in [0.5, 0.6) is 0 Å². The Morgan fingerprint density at radius 3 is 2.21 bits per heavy atom. The Bertz CT molecular complexity index is 761. The Kier molecular flexibility index (Phi) is 5.82. The molecule has 0 aromatic heterocycles. The molecule has 162 valence electrons. The van der Waals surface area contributed by atoms with E-state index in [2.05, 4.69) is 25.7 Å². The van der Waals surface area contributed by atoms with Gasteiger partial charge in [-0.3, -0.25) is 9.69 Å². The maximum atomic E-state index is 14.6. The molecule has 1 amide bonds. The summed E-state index contributed by atoms with van der Waals surface area (Å²) in [5, 5.41) is 10.7. The van der Waals surface area contributed by atoms with Crippen LogP contribution in [0.25, 0.3) is 0 Å². The minimum atomic E-state index is -0.813. The zero-order valence-electron chi connectivity index (χ0n) is 18.4. The van der Waals surface area contributed by atoms with Crippen LogP contribution in [0.2, 0.25) is 0 Å². The maximum Gasteiger partial charge on any atom is 0.227 e. The van der Waals surface area contributed by atoms with Crippen molar-refractivity contribution >= 4 is 5.91 Å². The van der Waals surface area contributed by atoms with E-state index >= 15 is 0 Å². The number of benzene rings is 1. The van der Waals surface area contributed by atoms with Gasteiger partial charge in [0.25, 0.3) is 0 Å². The number of nitrogens with zero attached hydrogens (tertiary/aromatic N) is 2. The van der Waals surface area contributed by atoms with Crippen LogP contribution < -0.4 is 0 Å². The molecule has 0 bridgehead atoms. The van der Waals surface area contributed by atoms with Gasteiger partial charge in [0, 0.05) is 55.5 Å². The van der Waals surface area contributed by atoms with Gasteiger partial charge in [-0.05, 0) is 39.3 Å². The second kappa shape index (κ2) is 7.62. The van der Waals surface area contributed by atoms with E-state index in [1.165, 1.54) is 12.1 Å². The van der Waals surface area contributed by atoms with Crippen LogP contribution in [0, 0.1) is 29.4 Å². The summed E-state index contributed by atoms with van der Waals surface area (Å²) >= 11 is 0. The molecule has 29 heavy (non-hydrogen) atoms. The monoisotopic (exact) mass is 408 g/mol. The lowest BCUT2D eigenvalue weighted by Gasteiger charge is -2.46. The predicted octanol–water partition coefficient (Wildman–Crippen LogP) is 3.64. The highest BCUT2D eigenvalue weighted by Gasteiger charge is 2.47. The van der Waals surface area contributed by atoms with Crippen LogP contribution in [0.4, 0.5) is 8.78 Å². The molecule has 1 N–H and O–H groups in total. The molecular weight excluding hydrogens is 374 g/mol. The standard InChI is InChI=1S/C23H34F2N2O2/c1-14-10-26(11-15(2)23(14,6)29)21(28)19-13-27(22(3,4)5)12-18(19)17-8-7-16(24)9-20(17)25/h7-9,14-15,18-19,29H,10-13H2,1-6H3/t14-,15+,18-,19+,23?/m0/s1. The van der Waals surface area contributed by atoms with Gasteiger partial charge >= 0.3 is 0 Å². The first-order valence-electron chi connectivity index (χ1n) is 10.5. The highest BCUT2D eigenvalue weighted by atomic mass is 19.1. The molecule has 0 spiro atoms. The number of amides is 1. The molecule has 1 aromatic rings. The van der Waals surface area contributed by atoms with E-state index in [-0.39, 0.29) is 29.2 Å². The van der Waals surface area contributed by atoms with Crippen LogP contribution in [-0.2, 0) is 4.79 Å². The molecule has 2 fully saturated rings. The van der Waals surface area contributed by atoms with Gasteiger partial charge in [0.05, 0.1) is 11.5 Å². The maximum absolute atomic E-state index is 14.6. The predicted molar refractivity (Wildman–Crippen MR) is 109 cm³/mol. The smallest absolute Gasteiger partial charge is 0.227 e. The first-order chi connectivity index (χ1) is 13.3. The summed E-state index contributed by atoms with van der Waals surface area (Å²) in [7, 11) is 0. The third-order valence-corrected chi connectivity index (χ3v) is 7.24. The average molecular weight is 409 g/mol. The Labute approximate surface area is 172 Å². The zero-order valence-corrected chi connectivity index (χ0v) is 18.4. The number of hydrogen-bond acceptors (Lipinski definition) is 3. The molecule has 0 radical (unpaired) electrons. The van der Waals surface area contributed by atoms with Crippen molar-refractivity contribution in [2.75, 3.05) is 26.2 Å². The van der Waals surface area contributed by atoms with Crippen molar-refractivity contribution in [3.63, 3.8) is 0 Å². The first-order valence-corrected chi connectivity index (χ1v) is 10.5. The molecule has 5 atom stereocenters.